The summed E-state index contributed by atoms with van der Waals surface area (Å²) in [6.07, 6.45) is 2.17. The van der Waals surface area contributed by atoms with Crippen LogP contribution < -0.4 is 9.47 Å². The van der Waals surface area contributed by atoms with Crippen molar-refractivity contribution in [2.45, 2.75) is 19.8 Å². The van der Waals surface area contributed by atoms with E-state index < -0.39 is 0 Å². The molecule has 4 heteroatoms. The average molecular weight is 430 g/mol. The Labute approximate surface area is 191 Å². The van der Waals surface area contributed by atoms with E-state index in [9.17, 15) is 4.79 Å². The van der Waals surface area contributed by atoms with Gasteiger partial charge in [0.05, 0.1) is 0 Å². The highest BCUT2D eigenvalue weighted by Gasteiger charge is 2.20. The first-order valence-electron chi connectivity index (χ1n) is 10.9. The molecule has 0 aliphatic rings. The summed E-state index contributed by atoms with van der Waals surface area (Å²) in [5.41, 5.74) is 4.68. The average Bonchev–Trinajstić information content (AvgIpc) is 2.79. The van der Waals surface area contributed by atoms with Crippen LogP contribution in [-0.2, 0) is 4.79 Å². The molecule has 0 aliphatic heterocycles. The molecule has 0 amide bonds. The molecule has 3 aromatic rings. The normalized spacial score (nSPS) is 12.5. The van der Waals surface area contributed by atoms with Crippen molar-refractivity contribution in [3.05, 3.63) is 102 Å². The predicted octanol–water partition coefficient (Wildman–Crippen LogP) is 5.79. The maximum atomic E-state index is 11.3. The number of nitrogens with zero attached hydrogens (tertiary/aromatic N) is 1. The second kappa shape index (κ2) is 11.3. The Kier molecular flexibility index (Phi) is 8.23. The zero-order valence-electron chi connectivity index (χ0n) is 19.2. The van der Waals surface area contributed by atoms with Crippen LogP contribution in [0.4, 0.5) is 0 Å². The lowest BCUT2D eigenvalue weighted by atomic mass is 9.81. The molecule has 0 aromatic heterocycles. The number of benzene rings is 3. The van der Waals surface area contributed by atoms with E-state index in [-0.39, 0.29) is 11.9 Å². The van der Waals surface area contributed by atoms with Gasteiger partial charge in [0.2, 0.25) is 0 Å². The Morgan fingerprint density at radius 2 is 1.44 bits per heavy atom. The minimum atomic E-state index is -0.322. The van der Waals surface area contributed by atoms with Crippen LogP contribution in [0.3, 0.4) is 0 Å². The molecule has 0 heterocycles. The van der Waals surface area contributed by atoms with Gasteiger partial charge in [-0.15, -0.1) is 0 Å². The molecule has 4 nitrogen and oxygen atoms in total. The number of hydrogen-bond donors (Lipinski definition) is 0. The lowest BCUT2D eigenvalue weighted by Crippen LogP contribution is -2.19. The van der Waals surface area contributed by atoms with Crippen molar-refractivity contribution in [1.29, 1.82) is 0 Å². The summed E-state index contributed by atoms with van der Waals surface area (Å²) < 4.78 is 11.1. The van der Waals surface area contributed by atoms with Gasteiger partial charge < -0.3 is 14.4 Å². The second-order valence-electron chi connectivity index (χ2n) is 7.93. The largest absolute Gasteiger partial charge is 0.492 e. The van der Waals surface area contributed by atoms with Gasteiger partial charge in [-0.1, -0.05) is 60.7 Å². The Balaban J connectivity index is 1.94. The van der Waals surface area contributed by atoms with E-state index in [1.54, 1.807) is 0 Å². The zero-order chi connectivity index (χ0) is 22.9. The molecule has 32 heavy (non-hydrogen) atoms. The van der Waals surface area contributed by atoms with E-state index in [1.807, 2.05) is 56.6 Å². The number of likely N-dealkylation sites (N-methyl/N-ethyl adjacent to an activating group) is 1. The monoisotopic (exact) mass is 429 g/mol. The van der Waals surface area contributed by atoms with Crippen LogP contribution in [0.25, 0.3) is 5.57 Å². The second-order valence-corrected chi connectivity index (χ2v) is 7.93. The maximum Gasteiger partial charge on any atom is 0.308 e. The molecule has 166 valence electrons. The van der Waals surface area contributed by atoms with Gasteiger partial charge in [-0.2, -0.15) is 0 Å². The minimum absolute atomic E-state index is 0.0320. The van der Waals surface area contributed by atoms with Crippen LogP contribution in [0.2, 0.25) is 0 Å². The van der Waals surface area contributed by atoms with Crippen LogP contribution in [0.5, 0.6) is 11.5 Å². The lowest BCUT2D eigenvalue weighted by Gasteiger charge is -2.23. The molecule has 0 spiro atoms. The number of carbonyl (C=O) groups is 1. The van der Waals surface area contributed by atoms with Crippen LogP contribution in [0.15, 0.2) is 84.9 Å². The summed E-state index contributed by atoms with van der Waals surface area (Å²) in [7, 11) is 4.07. The molecular formula is C28H31NO3. The summed E-state index contributed by atoms with van der Waals surface area (Å²) >= 11 is 0. The third-order valence-electron chi connectivity index (χ3n) is 5.22. The first-order valence-corrected chi connectivity index (χ1v) is 10.9. The number of ether oxygens (including phenoxy) is 2. The Morgan fingerprint density at radius 3 is 1.94 bits per heavy atom. The summed E-state index contributed by atoms with van der Waals surface area (Å²) in [4.78, 5) is 13.4. The van der Waals surface area contributed by atoms with Gasteiger partial charge in [0.1, 0.15) is 18.1 Å². The highest BCUT2D eigenvalue weighted by molar-refractivity contribution is 5.75. The van der Waals surface area contributed by atoms with Crippen molar-refractivity contribution in [1.82, 2.24) is 4.90 Å². The van der Waals surface area contributed by atoms with E-state index in [1.165, 1.54) is 23.6 Å². The van der Waals surface area contributed by atoms with E-state index in [0.717, 1.165) is 17.9 Å². The molecule has 1 unspecified atom stereocenters. The van der Waals surface area contributed by atoms with Crippen molar-refractivity contribution in [2.75, 3.05) is 27.2 Å². The van der Waals surface area contributed by atoms with Crippen molar-refractivity contribution >= 4 is 11.5 Å². The predicted molar refractivity (Wildman–Crippen MR) is 130 cm³/mol. The number of allylic oxidation sites excluding steroid dienone is 2. The van der Waals surface area contributed by atoms with Gasteiger partial charge in [-0.3, -0.25) is 4.79 Å². The highest BCUT2D eigenvalue weighted by atomic mass is 16.5. The highest BCUT2D eigenvalue weighted by Crippen LogP contribution is 2.39. The quantitative estimate of drug-likeness (QED) is 0.319. The van der Waals surface area contributed by atoms with Gasteiger partial charge in [-0.05, 0) is 67.5 Å². The Hall–Kier alpha value is -3.37. The molecular weight excluding hydrogens is 398 g/mol. The minimum Gasteiger partial charge on any atom is -0.492 e. The third kappa shape index (κ3) is 6.32. The molecule has 3 aromatic carbocycles. The van der Waals surface area contributed by atoms with Gasteiger partial charge in [0, 0.05) is 19.4 Å². The Morgan fingerprint density at radius 1 is 0.875 bits per heavy atom. The van der Waals surface area contributed by atoms with Crippen molar-refractivity contribution in [2.24, 2.45) is 0 Å². The van der Waals surface area contributed by atoms with Crippen molar-refractivity contribution in [3.8, 4) is 11.5 Å². The van der Waals surface area contributed by atoms with Gasteiger partial charge in [0.15, 0.2) is 0 Å². The standard InChI is InChI=1S/C28H31NO3/c1-5-27(22-9-7-6-8-10-22)28(24-13-17-26(18-14-24)32-21(2)30)23-11-15-25(16-12-23)31-20-19-29(3)4/h5-18,28H,19-20H2,1-4H3/b27-5+. The number of esters is 1. The maximum absolute atomic E-state index is 11.3. The van der Waals surface area contributed by atoms with E-state index in [0.29, 0.717) is 12.4 Å². The first kappa shape index (κ1) is 23.3. The number of hydrogen-bond acceptors (Lipinski definition) is 4. The molecule has 0 bridgehead atoms. The Bertz CT molecular complexity index is 1020. The fourth-order valence-corrected chi connectivity index (χ4v) is 3.68. The van der Waals surface area contributed by atoms with Crippen LogP contribution in [0, 0.1) is 0 Å². The van der Waals surface area contributed by atoms with E-state index in [4.69, 9.17) is 9.47 Å². The molecule has 0 aliphatic carbocycles. The van der Waals surface area contributed by atoms with E-state index >= 15 is 0 Å². The number of rotatable bonds is 9. The topological polar surface area (TPSA) is 38.8 Å². The lowest BCUT2D eigenvalue weighted by molar-refractivity contribution is -0.131. The molecule has 0 saturated carbocycles. The van der Waals surface area contributed by atoms with Crippen molar-refractivity contribution < 1.29 is 14.3 Å². The summed E-state index contributed by atoms with van der Waals surface area (Å²) in [5.74, 6) is 1.12. The molecule has 0 saturated heterocycles. The summed E-state index contributed by atoms with van der Waals surface area (Å²) in [6, 6.07) is 26.5. The third-order valence-corrected chi connectivity index (χ3v) is 5.22. The molecule has 3 rings (SSSR count). The summed E-state index contributed by atoms with van der Waals surface area (Å²) in [6.45, 7) is 5.00. The molecule has 0 fully saturated rings. The summed E-state index contributed by atoms with van der Waals surface area (Å²) in [5, 5.41) is 0. The van der Waals surface area contributed by atoms with Gasteiger partial charge >= 0.3 is 5.97 Å². The molecule has 0 N–H and O–H groups in total. The zero-order valence-corrected chi connectivity index (χ0v) is 19.2. The van der Waals surface area contributed by atoms with Crippen LogP contribution >= 0.6 is 0 Å². The molecule has 1 atom stereocenters. The van der Waals surface area contributed by atoms with Crippen LogP contribution in [-0.4, -0.2) is 38.1 Å². The fraction of sp³-hybridized carbons (Fsp3) is 0.250. The fourth-order valence-electron chi connectivity index (χ4n) is 3.68. The SMILES string of the molecule is C/C=C(\c1ccccc1)C(c1ccc(OCCN(C)C)cc1)c1ccc(OC(C)=O)cc1. The van der Waals surface area contributed by atoms with Crippen molar-refractivity contribution in [3.63, 3.8) is 0 Å². The number of carbonyl (C=O) groups excluding carboxylic acids is 1. The van der Waals surface area contributed by atoms with E-state index in [2.05, 4.69) is 54.3 Å². The van der Waals surface area contributed by atoms with Gasteiger partial charge in [0.25, 0.3) is 0 Å². The molecule has 0 radical (unpaired) electrons. The first-order chi connectivity index (χ1) is 15.5. The van der Waals surface area contributed by atoms with Crippen LogP contribution in [0.1, 0.15) is 36.5 Å². The smallest absolute Gasteiger partial charge is 0.308 e. The van der Waals surface area contributed by atoms with Gasteiger partial charge in [-0.25, -0.2) is 0 Å².